The highest BCUT2D eigenvalue weighted by Gasteiger charge is 2.20. The monoisotopic (exact) mass is 302 g/mol. The molecule has 1 atom stereocenters. The number of nitrogens with zero attached hydrogens (tertiary/aromatic N) is 1. The second-order valence-electron chi connectivity index (χ2n) is 6.12. The van der Waals surface area contributed by atoms with E-state index in [9.17, 15) is 0 Å². The van der Waals surface area contributed by atoms with Crippen LogP contribution >= 0.6 is 0 Å². The fourth-order valence-electron chi connectivity index (χ4n) is 3.33. The molecule has 1 unspecified atom stereocenters. The number of fused-ring (bicyclic) bond motifs is 1. The van der Waals surface area contributed by atoms with E-state index in [-0.39, 0.29) is 0 Å². The Hall–Kier alpha value is -2.35. The number of aromatic nitrogens is 1. The van der Waals surface area contributed by atoms with Crippen molar-refractivity contribution >= 4 is 10.9 Å². The van der Waals surface area contributed by atoms with Gasteiger partial charge in [-0.25, -0.2) is 4.98 Å². The SMILES string of the molecule is [CH]1CCC(c2ccccc2OCc2ccc3ccccc3n2)C1. The number of hydrogen-bond acceptors (Lipinski definition) is 2. The van der Waals surface area contributed by atoms with Gasteiger partial charge in [-0.1, -0.05) is 42.5 Å². The molecular formula is C21H20NO. The maximum atomic E-state index is 6.11. The summed E-state index contributed by atoms with van der Waals surface area (Å²) >= 11 is 0. The van der Waals surface area contributed by atoms with Crippen LogP contribution in [-0.4, -0.2) is 4.98 Å². The normalized spacial score (nSPS) is 15.1. The first-order chi connectivity index (χ1) is 11.4. The molecule has 0 N–H and O–H groups in total. The number of para-hydroxylation sites is 2. The molecule has 3 aromatic rings. The maximum absolute atomic E-state index is 6.11. The Morgan fingerprint density at radius 1 is 0.957 bits per heavy atom. The van der Waals surface area contributed by atoms with Crippen molar-refractivity contribution in [1.29, 1.82) is 0 Å². The van der Waals surface area contributed by atoms with Gasteiger partial charge in [0.05, 0.1) is 11.2 Å². The predicted octanol–water partition coefficient (Wildman–Crippen LogP) is 5.29. The van der Waals surface area contributed by atoms with Gasteiger partial charge in [0.15, 0.2) is 0 Å². The molecule has 1 aliphatic carbocycles. The highest BCUT2D eigenvalue weighted by Crippen LogP contribution is 2.38. The van der Waals surface area contributed by atoms with Gasteiger partial charge in [0.2, 0.25) is 0 Å². The zero-order valence-corrected chi connectivity index (χ0v) is 13.1. The van der Waals surface area contributed by atoms with E-state index in [1.165, 1.54) is 18.4 Å². The van der Waals surface area contributed by atoms with E-state index < -0.39 is 0 Å². The van der Waals surface area contributed by atoms with Gasteiger partial charge in [-0.15, -0.1) is 0 Å². The van der Waals surface area contributed by atoms with Crippen LogP contribution in [0.4, 0.5) is 0 Å². The Morgan fingerprint density at radius 2 is 1.83 bits per heavy atom. The van der Waals surface area contributed by atoms with E-state index in [0.29, 0.717) is 12.5 Å². The van der Waals surface area contributed by atoms with E-state index in [4.69, 9.17) is 4.74 Å². The molecule has 0 spiro atoms. The number of hydrogen-bond donors (Lipinski definition) is 0. The standard InChI is InChI=1S/C21H20NO/c1-2-8-16(7-1)19-10-4-6-12-21(19)23-15-18-14-13-17-9-3-5-11-20(17)22-18/h1,3-6,9-14,16H,2,7-8,15H2. The first-order valence-electron chi connectivity index (χ1n) is 8.28. The van der Waals surface area contributed by atoms with Crippen LogP contribution in [0.1, 0.15) is 36.4 Å². The minimum absolute atomic E-state index is 0.512. The zero-order valence-electron chi connectivity index (χ0n) is 13.1. The summed E-state index contributed by atoms with van der Waals surface area (Å²) in [5.41, 5.74) is 3.32. The molecule has 1 aliphatic rings. The van der Waals surface area contributed by atoms with Crippen LogP contribution < -0.4 is 4.74 Å². The fraction of sp³-hybridized carbons (Fsp3) is 0.238. The molecule has 0 amide bonds. The second kappa shape index (κ2) is 6.41. The van der Waals surface area contributed by atoms with Crippen molar-refractivity contribution in [3.8, 4) is 5.75 Å². The summed E-state index contributed by atoms with van der Waals surface area (Å²) in [6, 6.07) is 20.8. The van der Waals surface area contributed by atoms with Crippen molar-refractivity contribution in [2.24, 2.45) is 0 Å². The van der Waals surface area contributed by atoms with Crippen LogP contribution in [0.25, 0.3) is 10.9 Å². The van der Waals surface area contributed by atoms with Crippen LogP contribution in [0.2, 0.25) is 0 Å². The molecule has 115 valence electrons. The lowest BCUT2D eigenvalue weighted by Crippen LogP contribution is -2.02. The number of rotatable bonds is 4. The largest absolute Gasteiger partial charge is 0.487 e. The lowest BCUT2D eigenvalue weighted by atomic mass is 9.97. The molecule has 0 aliphatic heterocycles. The average Bonchev–Trinajstić information content (AvgIpc) is 3.14. The Balaban J connectivity index is 1.54. The molecule has 23 heavy (non-hydrogen) atoms. The molecule has 2 nitrogen and oxygen atoms in total. The van der Waals surface area contributed by atoms with Crippen LogP contribution in [0.3, 0.4) is 0 Å². The summed E-state index contributed by atoms with van der Waals surface area (Å²) in [4.78, 5) is 4.69. The van der Waals surface area contributed by atoms with Crippen molar-refractivity contribution in [3.63, 3.8) is 0 Å². The summed E-state index contributed by atoms with van der Waals surface area (Å²) in [7, 11) is 0. The lowest BCUT2D eigenvalue weighted by Gasteiger charge is -2.16. The van der Waals surface area contributed by atoms with Crippen LogP contribution in [0, 0.1) is 6.42 Å². The molecule has 1 saturated carbocycles. The average molecular weight is 302 g/mol. The molecule has 1 aromatic heterocycles. The number of ether oxygens (including phenoxy) is 1. The third-order valence-corrected chi connectivity index (χ3v) is 4.56. The molecule has 1 heterocycles. The highest BCUT2D eigenvalue weighted by molar-refractivity contribution is 5.78. The predicted molar refractivity (Wildman–Crippen MR) is 93.4 cm³/mol. The summed E-state index contributed by atoms with van der Waals surface area (Å²) in [5.74, 6) is 1.61. The number of benzene rings is 2. The Bertz CT molecular complexity index is 806. The van der Waals surface area contributed by atoms with Gasteiger partial charge in [-0.2, -0.15) is 0 Å². The van der Waals surface area contributed by atoms with Crippen molar-refractivity contribution in [2.75, 3.05) is 0 Å². The Kier molecular flexibility index (Phi) is 3.97. The first-order valence-corrected chi connectivity index (χ1v) is 8.28. The third kappa shape index (κ3) is 3.07. The second-order valence-corrected chi connectivity index (χ2v) is 6.12. The molecule has 0 saturated heterocycles. The van der Waals surface area contributed by atoms with Gasteiger partial charge in [0.1, 0.15) is 12.4 Å². The van der Waals surface area contributed by atoms with Gasteiger partial charge in [-0.05, 0) is 55.4 Å². The fourth-order valence-corrected chi connectivity index (χ4v) is 3.33. The molecule has 2 heteroatoms. The first kappa shape index (κ1) is 14.3. The minimum atomic E-state index is 0.512. The summed E-state index contributed by atoms with van der Waals surface area (Å²) in [6.07, 6.45) is 5.99. The Morgan fingerprint density at radius 3 is 2.74 bits per heavy atom. The van der Waals surface area contributed by atoms with Gasteiger partial charge >= 0.3 is 0 Å². The van der Waals surface area contributed by atoms with Gasteiger partial charge in [-0.3, -0.25) is 0 Å². The van der Waals surface area contributed by atoms with E-state index in [0.717, 1.165) is 28.8 Å². The van der Waals surface area contributed by atoms with Crippen LogP contribution in [0.5, 0.6) is 5.75 Å². The lowest BCUT2D eigenvalue weighted by molar-refractivity contribution is 0.296. The summed E-state index contributed by atoms with van der Waals surface area (Å²) in [6.45, 7) is 0.512. The highest BCUT2D eigenvalue weighted by atomic mass is 16.5. The van der Waals surface area contributed by atoms with E-state index in [2.05, 4.69) is 41.7 Å². The van der Waals surface area contributed by atoms with E-state index in [1.807, 2.05) is 30.3 Å². The third-order valence-electron chi connectivity index (χ3n) is 4.56. The molecule has 1 radical (unpaired) electrons. The number of pyridine rings is 1. The van der Waals surface area contributed by atoms with Gasteiger partial charge < -0.3 is 4.74 Å². The summed E-state index contributed by atoms with van der Waals surface area (Å²) < 4.78 is 6.11. The van der Waals surface area contributed by atoms with Gasteiger partial charge in [0, 0.05) is 5.39 Å². The van der Waals surface area contributed by atoms with E-state index >= 15 is 0 Å². The minimum Gasteiger partial charge on any atom is -0.487 e. The zero-order chi connectivity index (χ0) is 15.5. The molecule has 2 aromatic carbocycles. The molecule has 0 bridgehead atoms. The van der Waals surface area contributed by atoms with Crippen molar-refractivity contribution < 1.29 is 4.74 Å². The molecular weight excluding hydrogens is 282 g/mol. The summed E-state index contributed by atoms with van der Waals surface area (Å²) in [5, 5.41) is 1.16. The molecule has 1 fully saturated rings. The van der Waals surface area contributed by atoms with Crippen LogP contribution in [0.15, 0.2) is 60.7 Å². The molecule has 4 rings (SSSR count). The smallest absolute Gasteiger partial charge is 0.130 e. The van der Waals surface area contributed by atoms with Gasteiger partial charge in [0.25, 0.3) is 0 Å². The maximum Gasteiger partial charge on any atom is 0.130 e. The Labute approximate surface area is 137 Å². The van der Waals surface area contributed by atoms with Crippen molar-refractivity contribution in [1.82, 2.24) is 4.98 Å². The van der Waals surface area contributed by atoms with Crippen molar-refractivity contribution in [3.05, 3.63) is 78.3 Å². The van der Waals surface area contributed by atoms with E-state index in [1.54, 1.807) is 0 Å². The van der Waals surface area contributed by atoms with Crippen LogP contribution in [-0.2, 0) is 6.61 Å². The quantitative estimate of drug-likeness (QED) is 0.653. The van der Waals surface area contributed by atoms with Crippen molar-refractivity contribution in [2.45, 2.75) is 31.8 Å². The topological polar surface area (TPSA) is 22.1 Å².